The van der Waals surface area contributed by atoms with Crippen molar-refractivity contribution >= 4 is 7.60 Å². The van der Waals surface area contributed by atoms with Gasteiger partial charge in [0.15, 0.2) is 0 Å². The van der Waals surface area contributed by atoms with Crippen LogP contribution in [0.25, 0.3) is 0 Å². The average Bonchev–Trinajstić information content (AvgIpc) is 2.06. The molecule has 0 rings (SSSR count). The first-order chi connectivity index (χ1) is 5.89. The van der Waals surface area contributed by atoms with E-state index in [4.69, 9.17) is 14.9 Å². The lowest BCUT2D eigenvalue weighted by Gasteiger charge is -2.21. The summed E-state index contributed by atoms with van der Waals surface area (Å²) in [5.41, 5.74) is 1.21. The first-order valence-electron chi connectivity index (χ1n) is 4.10. The van der Waals surface area contributed by atoms with Crippen LogP contribution in [0, 0.1) is 17.0 Å². The van der Waals surface area contributed by atoms with Gasteiger partial charge in [0.1, 0.15) is 0 Å². The van der Waals surface area contributed by atoms with Gasteiger partial charge >= 0.3 is 7.60 Å². The van der Waals surface area contributed by atoms with Crippen LogP contribution < -0.4 is 0 Å². The van der Waals surface area contributed by atoms with Gasteiger partial charge in [-0.1, -0.05) is 19.8 Å². The molecule has 0 atom stereocenters. The van der Waals surface area contributed by atoms with Gasteiger partial charge in [-0.3, -0.25) is 0 Å². The summed E-state index contributed by atoms with van der Waals surface area (Å²) < 4.78 is 10.5. The zero-order chi connectivity index (χ0) is 10.5. The molecule has 0 saturated carbocycles. The van der Waals surface area contributed by atoms with Gasteiger partial charge in [-0.2, -0.15) is 0 Å². The predicted molar refractivity (Wildman–Crippen MR) is 49.9 cm³/mol. The maximum atomic E-state index is 10.5. The van der Waals surface area contributed by atoms with Crippen LogP contribution in [0.5, 0.6) is 0 Å². The molecule has 0 aliphatic heterocycles. The molecule has 0 aliphatic carbocycles. The quantitative estimate of drug-likeness (QED) is 0.474. The number of hydrogen-bond acceptors (Lipinski definition) is 2. The second-order valence-corrected chi connectivity index (χ2v) is 4.24. The minimum Gasteiger partial charge on any atom is -0.395 e. The van der Waals surface area contributed by atoms with Crippen LogP contribution in [0.2, 0.25) is 0 Å². The average molecular weight is 206 g/mol. The van der Waals surface area contributed by atoms with E-state index in [1.54, 1.807) is 0 Å². The van der Waals surface area contributed by atoms with E-state index in [9.17, 15) is 4.57 Å². The number of hydrogen-bond donors (Lipinski definition) is 3. The smallest absolute Gasteiger partial charge is 0.395 e. The van der Waals surface area contributed by atoms with E-state index in [0.29, 0.717) is 12.8 Å². The Kier molecular flexibility index (Phi) is 4.66. The Morgan fingerprint density at radius 3 is 2.00 bits per heavy atom. The van der Waals surface area contributed by atoms with E-state index in [0.717, 1.165) is 0 Å². The fourth-order valence-corrected chi connectivity index (χ4v) is 1.26. The van der Waals surface area contributed by atoms with E-state index in [1.807, 2.05) is 19.5 Å². The summed E-state index contributed by atoms with van der Waals surface area (Å²) in [7, 11) is -4.27. The van der Waals surface area contributed by atoms with Gasteiger partial charge in [-0.15, -0.1) is 0 Å². The zero-order valence-corrected chi connectivity index (χ0v) is 8.71. The van der Waals surface area contributed by atoms with Crippen LogP contribution in [0.15, 0.2) is 0 Å². The third-order valence-corrected chi connectivity index (χ3v) is 2.53. The molecule has 0 heterocycles. The molecule has 0 fully saturated rings. The predicted octanol–water partition coefficient (Wildman–Crippen LogP) is 0.924. The molecule has 13 heavy (non-hydrogen) atoms. The SMILES string of the molecule is CCC(C#CP(=O)(O)O)(CC)CO. The molecule has 0 aromatic carbocycles. The first kappa shape index (κ1) is 12.7. The first-order valence-corrected chi connectivity index (χ1v) is 5.71. The van der Waals surface area contributed by atoms with Crippen LogP contribution in [0.4, 0.5) is 0 Å². The van der Waals surface area contributed by atoms with Gasteiger partial charge in [0, 0.05) is 5.66 Å². The zero-order valence-electron chi connectivity index (χ0n) is 7.82. The fourth-order valence-electron chi connectivity index (χ4n) is 0.881. The second kappa shape index (κ2) is 4.78. The Labute approximate surface area is 78.1 Å². The van der Waals surface area contributed by atoms with Crippen LogP contribution >= 0.6 is 7.60 Å². The van der Waals surface area contributed by atoms with Crippen molar-refractivity contribution in [3.8, 4) is 11.6 Å². The van der Waals surface area contributed by atoms with Gasteiger partial charge in [0.25, 0.3) is 0 Å². The summed E-state index contributed by atoms with van der Waals surface area (Å²) in [6.45, 7) is 3.48. The van der Waals surface area contributed by atoms with Crippen LogP contribution in [0.3, 0.4) is 0 Å². The Balaban J connectivity index is 4.76. The number of aliphatic hydroxyl groups excluding tert-OH is 1. The van der Waals surface area contributed by atoms with Gasteiger partial charge < -0.3 is 14.9 Å². The van der Waals surface area contributed by atoms with Crippen LogP contribution in [-0.4, -0.2) is 21.5 Å². The standard InChI is InChI=1S/C8H15O4P/c1-3-8(4-2,7-9)5-6-13(10,11)12/h9H,3-4,7H2,1-2H3,(H2,10,11,12). The minimum atomic E-state index is -4.27. The molecule has 5 heteroatoms. The van der Waals surface area contributed by atoms with Crippen molar-refractivity contribution in [2.45, 2.75) is 26.7 Å². The van der Waals surface area contributed by atoms with Crippen molar-refractivity contribution in [1.29, 1.82) is 0 Å². The molecule has 4 nitrogen and oxygen atoms in total. The lowest BCUT2D eigenvalue weighted by Crippen LogP contribution is -2.21. The van der Waals surface area contributed by atoms with Crippen molar-refractivity contribution in [3.05, 3.63) is 0 Å². The second-order valence-electron chi connectivity index (χ2n) is 2.93. The molecule has 0 amide bonds. The van der Waals surface area contributed by atoms with Crippen molar-refractivity contribution in [2.24, 2.45) is 5.41 Å². The Morgan fingerprint density at radius 2 is 1.77 bits per heavy atom. The molecular weight excluding hydrogens is 191 g/mol. The van der Waals surface area contributed by atoms with Crippen molar-refractivity contribution < 1.29 is 19.5 Å². The van der Waals surface area contributed by atoms with E-state index >= 15 is 0 Å². The van der Waals surface area contributed by atoms with Crippen LogP contribution in [-0.2, 0) is 4.57 Å². The lowest BCUT2D eigenvalue weighted by atomic mass is 9.84. The molecule has 3 N–H and O–H groups in total. The molecule has 0 bridgehead atoms. The summed E-state index contributed by atoms with van der Waals surface area (Å²) in [5.74, 6) is 2.46. The highest BCUT2D eigenvalue weighted by Crippen LogP contribution is 2.34. The largest absolute Gasteiger partial charge is 0.400 e. The Morgan fingerprint density at radius 1 is 1.31 bits per heavy atom. The highest BCUT2D eigenvalue weighted by molar-refractivity contribution is 7.57. The summed E-state index contributed by atoms with van der Waals surface area (Å²) in [6.07, 6.45) is 1.15. The molecular formula is C8H15O4P. The highest BCUT2D eigenvalue weighted by Gasteiger charge is 2.23. The summed E-state index contributed by atoms with van der Waals surface area (Å²) in [4.78, 5) is 17.0. The van der Waals surface area contributed by atoms with Gasteiger partial charge in [0.05, 0.1) is 12.0 Å². The third kappa shape index (κ3) is 4.44. The normalized spacial score (nSPS) is 12.1. The summed E-state index contributed by atoms with van der Waals surface area (Å²) in [5, 5.41) is 9.02. The van der Waals surface area contributed by atoms with E-state index in [-0.39, 0.29) is 6.61 Å². The summed E-state index contributed by atoms with van der Waals surface area (Å²) in [6, 6.07) is 0. The maximum absolute atomic E-state index is 10.5. The van der Waals surface area contributed by atoms with Crippen molar-refractivity contribution in [2.75, 3.05) is 6.61 Å². The van der Waals surface area contributed by atoms with Crippen molar-refractivity contribution in [1.82, 2.24) is 0 Å². The van der Waals surface area contributed by atoms with Gasteiger partial charge in [0.2, 0.25) is 0 Å². The molecule has 0 aromatic heterocycles. The van der Waals surface area contributed by atoms with Crippen LogP contribution in [0.1, 0.15) is 26.7 Å². The molecule has 0 radical (unpaired) electrons. The maximum Gasteiger partial charge on any atom is 0.400 e. The lowest BCUT2D eigenvalue weighted by molar-refractivity contribution is 0.168. The molecule has 0 aromatic rings. The van der Waals surface area contributed by atoms with E-state index in [1.165, 1.54) is 0 Å². The molecule has 76 valence electrons. The Bertz CT molecular complexity index is 245. The van der Waals surface area contributed by atoms with E-state index in [2.05, 4.69) is 5.92 Å². The highest BCUT2D eigenvalue weighted by atomic mass is 31.2. The topological polar surface area (TPSA) is 77.8 Å². The summed E-state index contributed by atoms with van der Waals surface area (Å²) >= 11 is 0. The molecule has 0 aliphatic rings. The monoisotopic (exact) mass is 206 g/mol. The van der Waals surface area contributed by atoms with Gasteiger partial charge in [-0.05, 0) is 12.8 Å². The number of rotatable bonds is 3. The minimum absolute atomic E-state index is 0.174. The van der Waals surface area contributed by atoms with Gasteiger partial charge in [-0.25, -0.2) is 4.57 Å². The fraction of sp³-hybridized carbons (Fsp3) is 0.750. The third-order valence-electron chi connectivity index (χ3n) is 2.12. The molecule has 0 unspecified atom stereocenters. The number of aliphatic hydroxyl groups is 1. The van der Waals surface area contributed by atoms with Crippen molar-refractivity contribution in [3.63, 3.8) is 0 Å². The molecule has 0 spiro atoms. The Hall–Kier alpha value is -0.330. The van der Waals surface area contributed by atoms with E-state index < -0.39 is 13.0 Å². The molecule has 0 saturated heterocycles.